The van der Waals surface area contributed by atoms with Crippen LogP contribution in [0.3, 0.4) is 0 Å². The number of furan rings is 1. The molecule has 2 aromatic rings. The molecule has 1 heterocycles. The Morgan fingerprint density at radius 2 is 2.12 bits per heavy atom. The van der Waals surface area contributed by atoms with Gasteiger partial charge in [0.25, 0.3) is 5.91 Å². The Kier molecular flexibility index (Phi) is 5.63. The minimum absolute atomic E-state index is 0.128. The predicted molar refractivity (Wildman–Crippen MR) is 88.4 cm³/mol. The molecule has 0 bridgehead atoms. The lowest BCUT2D eigenvalue weighted by atomic mass is 10.1. The molecule has 1 aromatic heterocycles. The standard InChI is InChI=1S/C18H21NO5/c1-11-10-24-15(9-16(20)21)17(11)18(22)19-12(2)7-13-5-4-6-14(8-13)23-3/h4-6,8,10,12H,7,9H2,1-3H3,(H,19,22)(H,20,21). The molecule has 1 unspecified atom stereocenters. The summed E-state index contributed by atoms with van der Waals surface area (Å²) in [6, 6.07) is 7.51. The number of hydrogen-bond donors (Lipinski definition) is 2. The molecule has 0 radical (unpaired) electrons. The second-order valence-corrected chi connectivity index (χ2v) is 5.72. The molecule has 0 fully saturated rings. The minimum atomic E-state index is -1.04. The van der Waals surface area contributed by atoms with Gasteiger partial charge < -0.3 is 19.6 Å². The summed E-state index contributed by atoms with van der Waals surface area (Å²) >= 11 is 0. The number of rotatable bonds is 7. The van der Waals surface area contributed by atoms with Gasteiger partial charge in [0, 0.05) is 11.6 Å². The molecule has 2 rings (SSSR count). The van der Waals surface area contributed by atoms with Gasteiger partial charge in [0.05, 0.1) is 18.9 Å². The number of carbonyl (C=O) groups excluding carboxylic acids is 1. The Morgan fingerprint density at radius 1 is 1.38 bits per heavy atom. The zero-order chi connectivity index (χ0) is 17.7. The summed E-state index contributed by atoms with van der Waals surface area (Å²) in [5.41, 5.74) is 1.96. The third kappa shape index (κ3) is 4.38. The molecule has 6 nitrogen and oxygen atoms in total. The number of nitrogens with one attached hydrogen (secondary N) is 1. The summed E-state index contributed by atoms with van der Waals surface area (Å²) in [4.78, 5) is 23.3. The maximum atomic E-state index is 12.5. The molecule has 1 amide bonds. The first-order valence-electron chi connectivity index (χ1n) is 7.63. The van der Waals surface area contributed by atoms with Crippen LogP contribution in [0.25, 0.3) is 0 Å². The van der Waals surface area contributed by atoms with Crippen LogP contribution in [-0.2, 0) is 17.6 Å². The number of amides is 1. The molecule has 1 aromatic carbocycles. The summed E-state index contributed by atoms with van der Waals surface area (Å²) in [6.45, 7) is 3.61. The lowest BCUT2D eigenvalue weighted by molar-refractivity contribution is -0.136. The van der Waals surface area contributed by atoms with Crippen molar-refractivity contribution in [1.29, 1.82) is 0 Å². The Morgan fingerprint density at radius 3 is 2.79 bits per heavy atom. The highest BCUT2D eigenvalue weighted by Gasteiger charge is 2.21. The maximum absolute atomic E-state index is 12.5. The van der Waals surface area contributed by atoms with Crippen LogP contribution in [0.4, 0.5) is 0 Å². The van der Waals surface area contributed by atoms with Gasteiger partial charge in [0.2, 0.25) is 0 Å². The molecule has 0 saturated heterocycles. The molecule has 1 atom stereocenters. The lowest BCUT2D eigenvalue weighted by Crippen LogP contribution is -2.34. The van der Waals surface area contributed by atoms with E-state index < -0.39 is 5.97 Å². The monoisotopic (exact) mass is 331 g/mol. The van der Waals surface area contributed by atoms with E-state index in [1.54, 1.807) is 14.0 Å². The third-order valence-electron chi connectivity index (χ3n) is 3.64. The van der Waals surface area contributed by atoms with Gasteiger partial charge in [-0.25, -0.2) is 0 Å². The highest BCUT2D eigenvalue weighted by atomic mass is 16.5. The van der Waals surface area contributed by atoms with E-state index in [2.05, 4.69) is 5.32 Å². The average molecular weight is 331 g/mol. The number of methoxy groups -OCH3 is 1. The molecule has 2 N–H and O–H groups in total. The van der Waals surface area contributed by atoms with Gasteiger partial charge in [-0.3, -0.25) is 9.59 Å². The van der Waals surface area contributed by atoms with Crippen molar-refractivity contribution in [2.75, 3.05) is 7.11 Å². The van der Waals surface area contributed by atoms with Gasteiger partial charge in [-0.05, 0) is 38.0 Å². The van der Waals surface area contributed by atoms with Crippen molar-refractivity contribution in [2.45, 2.75) is 32.7 Å². The summed E-state index contributed by atoms with van der Waals surface area (Å²) in [5.74, 6) is -0.428. The van der Waals surface area contributed by atoms with Crippen molar-refractivity contribution >= 4 is 11.9 Å². The van der Waals surface area contributed by atoms with Crippen LogP contribution in [0.5, 0.6) is 5.75 Å². The fourth-order valence-electron chi connectivity index (χ4n) is 2.57. The lowest BCUT2D eigenvalue weighted by Gasteiger charge is -2.15. The van der Waals surface area contributed by atoms with Crippen molar-refractivity contribution in [3.05, 3.63) is 53.0 Å². The average Bonchev–Trinajstić information content (AvgIpc) is 2.87. The highest BCUT2D eigenvalue weighted by Crippen LogP contribution is 2.18. The molecule has 0 aliphatic rings. The molecule has 6 heteroatoms. The Labute approximate surface area is 140 Å². The molecule has 128 valence electrons. The number of hydrogen-bond acceptors (Lipinski definition) is 4. The van der Waals surface area contributed by atoms with Crippen LogP contribution in [0.15, 0.2) is 34.9 Å². The molecule has 0 aliphatic heterocycles. The predicted octanol–water partition coefficient (Wildman–Crippen LogP) is 2.58. The summed E-state index contributed by atoms with van der Waals surface area (Å²) in [6.07, 6.45) is 1.72. The fourth-order valence-corrected chi connectivity index (χ4v) is 2.57. The molecule has 24 heavy (non-hydrogen) atoms. The first-order valence-corrected chi connectivity index (χ1v) is 7.63. The largest absolute Gasteiger partial charge is 0.497 e. The van der Waals surface area contributed by atoms with Gasteiger partial charge in [-0.2, -0.15) is 0 Å². The zero-order valence-electron chi connectivity index (χ0n) is 14.0. The van der Waals surface area contributed by atoms with Crippen molar-refractivity contribution in [2.24, 2.45) is 0 Å². The van der Waals surface area contributed by atoms with Gasteiger partial charge in [-0.15, -0.1) is 0 Å². The van der Waals surface area contributed by atoms with E-state index in [1.165, 1.54) is 6.26 Å². The first kappa shape index (κ1) is 17.6. The maximum Gasteiger partial charge on any atom is 0.311 e. The highest BCUT2D eigenvalue weighted by molar-refractivity contribution is 5.97. The van der Waals surface area contributed by atoms with Gasteiger partial charge >= 0.3 is 5.97 Å². The van der Waals surface area contributed by atoms with Crippen molar-refractivity contribution in [1.82, 2.24) is 5.32 Å². The third-order valence-corrected chi connectivity index (χ3v) is 3.64. The number of benzene rings is 1. The van der Waals surface area contributed by atoms with Crippen molar-refractivity contribution < 1.29 is 23.8 Å². The number of aliphatic carboxylic acids is 1. The van der Waals surface area contributed by atoms with Crippen LogP contribution in [-0.4, -0.2) is 30.1 Å². The second kappa shape index (κ2) is 7.68. The van der Waals surface area contributed by atoms with Crippen LogP contribution in [0.1, 0.15) is 34.2 Å². The van der Waals surface area contributed by atoms with Gasteiger partial charge in [0.15, 0.2) is 0 Å². The molecular formula is C18H21NO5. The van der Waals surface area contributed by atoms with E-state index >= 15 is 0 Å². The SMILES string of the molecule is COc1cccc(CC(C)NC(=O)c2c(C)coc2CC(=O)O)c1. The number of carboxylic acid groups (broad SMARTS) is 1. The van der Waals surface area contributed by atoms with Crippen LogP contribution >= 0.6 is 0 Å². The van der Waals surface area contributed by atoms with Crippen molar-refractivity contribution in [3.8, 4) is 5.75 Å². The Balaban J connectivity index is 2.06. The number of ether oxygens (including phenoxy) is 1. The second-order valence-electron chi connectivity index (χ2n) is 5.72. The number of carbonyl (C=O) groups is 2. The van der Waals surface area contributed by atoms with E-state index in [4.69, 9.17) is 14.3 Å². The van der Waals surface area contributed by atoms with Crippen molar-refractivity contribution in [3.63, 3.8) is 0 Å². The molecular weight excluding hydrogens is 310 g/mol. The normalized spacial score (nSPS) is 11.8. The van der Waals surface area contributed by atoms with Gasteiger partial charge in [-0.1, -0.05) is 12.1 Å². The summed E-state index contributed by atoms with van der Waals surface area (Å²) < 4.78 is 10.4. The van der Waals surface area contributed by atoms with E-state index in [-0.39, 0.29) is 24.1 Å². The Hall–Kier alpha value is -2.76. The van der Waals surface area contributed by atoms with Crippen LogP contribution < -0.4 is 10.1 Å². The van der Waals surface area contributed by atoms with Gasteiger partial charge in [0.1, 0.15) is 17.9 Å². The topological polar surface area (TPSA) is 88.8 Å². The molecule has 0 aliphatic carbocycles. The van der Waals surface area contributed by atoms with E-state index in [0.717, 1.165) is 11.3 Å². The minimum Gasteiger partial charge on any atom is -0.497 e. The fraction of sp³-hybridized carbons (Fsp3) is 0.333. The number of aryl methyl sites for hydroxylation is 1. The van der Waals surface area contributed by atoms with Crippen LogP contribution in [0.2, 0.25) is 0 Å². The van der Waals surface area contributed by atoms with Crippen LogP contribution in [0, 0.1) is 6.92 Å². The summed E-state index contributed by atoms with van der Waals surface area (Å²) in [5, 5.41) is 11.8. The van der Waals surface area contributed by atoms with E-state index in [0.29, 0.717) is 17.5 Å². The van der Waals surface area contributed by atoms with E-state index in [9.17, 15) is 9.59 Å². The van der Waals surface area contributed by atoms with E-state index in [1.807, 2.05) is 31.2 Å². The smallest absolute Gasteiger partial charge is 0.311 e. The molecule has 0 spiro atoms. The zero-order valence-corrected chi connectivity index (χ0v) is 14.0. The molecule has 0 saturated carbocycles. The first-order chi connectivity index (χ1) is 11.4. The number of carboxylic acids is 1. The quantitative estimate of drug-likeness (QED) is 0.814. The Bertz CT molecular complexity index is 735. The summed E-state index contributed by atoms with van der Waals surface area (Å²) in [7, 11) is 1.61.